The predicted octanol–water partition coefficient (Wildman–Crippen LogP) is 2.68. The molecule has 104 valence electrons. The van der Waals surface area contributed by atoms with E-state index in [4.69, 9.17) is 0 Å². The molecule has 0 bridgehead atoms. The molecule has 0 fully saturated rings. The smallest absolute Gasteiger partial charge is 0.316 e. The summed E-state index contributed by atoms with van der Waals surface area (Å²) in [4.78, 5) is 18.1. The number of hydrogen-bond donors (Lipinski definition) is 1. The molecule has 6 nitrogen and oxygen atoms in total. The number of hydrogen-bond acceptors (Lipinski definition) is 5. The first-order chi connectivity index (χ1) is 9.43. The summed E-state index contributed by atoms with van der Waals surface area (Å²) in [5, 5.41) is 13.7. The Labute approximate surface area is 112 Å². The topological polar surface area (TPSA) is 81.0 Å². The van der Waals surface area contributed by atoms with Crippen molar-refractivity contribution in [3.63, 3.8) is 0 Å². The Kier molecular flexibility index (Phi) is 3.55. The zero-order valence-corrected chi connectivity index (χ0v) is 10.6. The van der Waals surface area contributed by atoms with Crippen LogP contribution in [0.2, 0.25) is 0 Å². The summed E-state index contributed by atoms with van der Waals surface area (Å²) >= 11 is 0. The number of halogens is 2. The van der Waals surface area contributed by atoms with Gasteiger partial charge in [-0.15, -0.1) is 0 Å². The summed E-state index contributed by atoms with van der Waals surface area (Å²) < 4.78 is 27.0. The van der Waals surface area contributed by atoms with Gasteiger partial charge in [0.25, 0.3) is 0 Å². The Bertz CT molecular complexity index is 691. The highest BCUT2D eigenvalue weighted by atomic mass is 19.1. The van der Waals surface area contributed by atoms with E-state index in [-0.39, 0.29) is 22.9 Å². The van der Waals surface area contributed by atoms with Crippen LogP contribution in [0.3, 0.4) is 0 Å². The van der Waals surface area contributed by atoms with Crippen LogP contribution in [0.1, 0.15) is 5.69 Å². The Morgan fingerprint density at radius 1 is 1.30 bits per heavy atom. The van der Waals surface area contributed by atoms with Crippen molar-refractivity contribution in [2.45, 2.75) is 6.92 Å². The van der Waals surface area contributed by atoms with Gasteiger partial charge in [-0.25, -0.2) is 18.7 Å². The molecule has 0 atom stereocenters. The summed E-state index contributed by atoms with van der Waals surface area (Å²) in [6, 6.07) is 2.69. The van der Waals surface area contributed by atoms with E-state index in [1.165, 1.54) is 14.0 Å². The van der Waals surface area contributed by atoms with E-state index in [0.717, 1.165) is 18.2 Å². The van der Waals surface area contributed by atoms with Crippen molar-refractivity contribution < 1.29 is 13.7 Å². The maximum Gasteiger partial charge on any atom is 0.316 e. The first kappa shape index (κ1) is 13.8. The summed E-state index contributed by atoms with van der Waals surface area (Å²) in [5.74, 6) is -1.42. The van der Waals surface area contributed by atoms with Gasteiger partial charge in [-0.2, -0.15) is 0 Å². The molecule has 0 saturated carbocycles. The molecule has 2 rings (SSSR count). The Hall–Kier alpha value is -2.64. The molecule has 0 spiro atoms. The fourth-order valence-corrected chi connectivity index (χ4v) is 1.76. The van der Waals surface area contributed by atoms with Crippen LogP contribution in [0.4, 0.5) is 20.4 Å². The van der Waals surface area contributed by atoms with Gasteiger partial charge in [0.05, 0.1) is 4.92 Å². The van der Waals surface area contributed by atoms with E-state index >= 15 is 0 Å². The summed E-state index contributed by atoms with van der Waals surface area (Å²) in [6.45, 7) is 1.40. The van der Waals surface area contributed by atoms with E-state index in [1.807, 2.05) is 0 Å². The zero-order chi connectivity index (χ0) is 14.9. The van der Waals surface area contributed by atoms with Crippen LogP contribution in [0.15, 0.2) is 18.2 Å². The van der Waals surface area contributed by atoms with Crippen LogP contribution < -0.4 is 5.32 Å². The molecule has 0 saturated heterocycles. The van der Waals surface area contributed by atoms with Gasteiger partial charge in [0.1, 0.15) is 17.3 Å². The first-order valence-corrected chi connectivity index (χ1v) is 5.60. The molecule has 20 heavy (non-hydrogen) atoms. The molecular weight excluding hydrogens is 270 g/mol. The predicted molar refractivity (Wildman–Crippen MR) is 68.3 cm³/mol. The molecule has 0 aliphatic carbocycles. The Balaban J connectivity index is 2.80. The standard InChI is InChI=1S/C12H10F2N4O2/c1-6-11(18(19)20)10(17-12(15-2)16-6)8-5-7(13)3-4-9(8)14/h3-5H,1-2H3,(H,15,16,17). The number of nitrogens with one attached hydrogen (secondary N) is 1. The SMILES string of the molecule is CNc1nc(C)c([N+](=O)[O-])c(-c2cc(F)ccc2F)n1. The number of aryl methyl sites for hydroxylation is 1. The average molecular weight is 280 g/mol. The van der Waals surface area contributed by atoms with Gasteiger partial charge < -0.3 is 5.32 Å². The third-order valence-corrected chi connectivity index (χ3v) is 2.65. The molecule has 0 unspecified atom stereocenters. The minimum atomic E-state index is -0.797. The average Bonchev–Trinajstić information content (AvgIpc) is 2.40. The van der Waals surface area contributed by atoms with Gasteiger partial charge >= 0.3 is 5.69 Å². The monoisotopic (exact) mass is 280 g/mol. The highest BCUT2D eigenvalue weighted by molar-refractivity contribution is 5.72. The van der Waals surface area contributed by atoms with Gasteiger partial charge in [-0.05, 0) is 25.1 Å². The summed E-state index contributed by atoms with van der Waals surface area (Å²) in [7, 11) is 1.52. The Morgan fingerprint density at radius 3 is 2.60 bits per heavy atom. The number of anilines is 1. The largest absolute Gasteiger partial charge is 0.357 e. The van der Waals surface area contributed by atoms with Crippen LogP contribution in [0.25, 0.3) is 11.3 Å². The van der Waals surface area contributed by atoms with Crippen molar-refractivity contribution in [2.24, 2.45) is 0 Å². The van der Waals surface area contributed by atoms with Gasteiger partial charge in [0.15, 0.2) is 5.69 Å². The minimum absolute atomic E-state index is 0.0630. The molecule has 0 aliphatic heterocycles. The molecule has 0 amide bonds. The summed E-state index contributed by atoms with van der Waals surface area (Å²) in [5.41, 5.74) is -0.927. The first-order valence-electron chi connectivity index (χ1n) is 5.60. The number of nitro groups is 1. The molecule has 1 aromatic carbocycles. The quantitative estimate of drug-likeness (QED) is 0.690. The minimum Gasteiger partial charge on any atom is -0.357 e. The van der Waals surface area contributed by atoms with Crippen molar-refractivity contribution in [2.75, 3.05) is 12.4 Å². The number of benzene rings is 1. The fraction of sp³-hybridized carbons (Fsp3) is 0.167. The van der Waals surface area contributed by atoms with Crippen LogP contribution in [0, 0.1) is 28.7 Å². The lowest BCUT2D eigenvalue weighted by molar-refractivity contribution is -0.385. The lowest BCUT2D eigenvalue weighted by Crippen LogP contribution is -2.06. The second kappa shape index (κ2) is 5.16. The van der Waals surface area contributed by atoms with E-state index in [2.05, 4.69) is 15.3 Å². The van der Waals surface area contributed by atoms with Crippen molar-refractivity contribution in [3.05, 3.63) is 45.6 Å². The van der Waals surface area contributed by atoms with Crippen LogP contribution >= 0.6 is 0 Å². The van der Waals surface area contributed by atoms with Crippen molar-refractivity contribution in [1.82, 2.24) is 9.97 Å². The third kappa shape index (κ3) is 2.40. The molecule has 1 aromatic heterocycles. The number of nitrogens with zero attached hydrogens (tertiary/aromatic N) is 3. The van der Waals surface area contributed by atoms with Crippen molar-refractivity contribution in [1.29, 1.82) is 0 Å². The number of aromatic nitrogens is 2. The second-order valence-electron chi connectivity index (χ2n) is 3.96. The van der Waals surface area contributed by atoms with Gasteiger partial charge in [0, 0.05) is 12.6 Å². The normalized spacial score (nSPS) is 10.4. The number of rotatable bonds is 3. The van der Waals surface area contributed by atoms with E-state index < -0.39 is 22.2 Å². The zero-order valence-electron chi connectivity index (χ0n) is 10.6. The molecule has 1 heterocycles. The molecule has 0 radical (unpaired) electrons. The van der Waals surface area contributed by atoms with E-state index in [1.54, 1.807) is 0 Å². The second-order valence-corrected chi connectivity index (χ2v) is 3.96. The van der Waals surface area contributed by atoms with E-state index in [9.17, 15) is 18.9 Å². The third-order valence-electron chi connectivity index (χ3n) is 2.65. The van der Waals surface area contributed by atoms with Crippen LogP contribution in [0.5, 0.6) is 0 Å². The van der Waals surface area contributed by atoms with Crippen molar-refractivity contribution >= 4 is 11.6 Å². The van der Waals surface area contributed by atoms with Crippen molar-refractivity contribution in [3.8, 4) is 11.3 Å². The van der Waals surface area contributed by atoms with E-state index in [0.29, 0.717) is 0 Å². The lowest BCUT2D eigenvalue weighted by Gasteiger charge is -2.08. The Morgan fingerprint density at radius 2 is 2.00 bits per heavy atom. The fourth-order valence-electron chi connectivity index (χ4n) is 1.76. The van der Waals surface area contributed by atoms with Gasteiger partial charge in [0.2, 0.25) is 5.95 Å². The molecule has 0 aliphatic rings. The maximum absolute atomic E-state index is 13.8. The lowest BCUT2D eigenvalue weighted by atomic mass is 10.1. The van der Waals surface area contributed by atoms with Crippen LogP contribution in [-0.4, -0.2) is 21.9 Å². The molecule has 2 aromatic rings. The van der Waals surface area contributed by atoms with Gasteiger partial charge in [-0.1, -0.05) is 0 Å². The molecule has 8 heteroatoms. The maximum atomic E-state index is 13.8. The highest BCUT2D eigenvalue weighted by Gasteiger charge is 2.25. The summed E-state index contributed by atoms with van der Waals surface area (Å²) in [6.07, 6.45) is 0. The van der Waals surface area contributed by atoms with Crippen LogP contribution in [-0.2, 0) is 0 Å². The van der Waals surface area contributed by atoms with Gasteiger partial charge in [-0.3, -0.25) is 10.1 Å². The highest BCUT2D eigenvalue weighted by Crippen LogP contribution is 2.33. The molecule has 1 N–H and O–H groups in total. The molecular formula is C12H10F2N4O2.